The molecular formula is C17H23N3. The predicted molar refractivity (Wildman–Crippen MR) is 81.9 cm³/mol. The lowest BCUT2D eigenvalue weighted by Gasteiger charge is -2.29. The van der Waals surface area contributed by atoms with Gasteiger partial charge >= 0.3 is 0 Å². The average Bonchev–Trinajstić information content (AvgIpc) is 3.00. The van der Waals surface area contributed by atoms with E-state index in [1.54, 1.807) is 0 Å². The van der Waals surface area contributed by atoms with Gasteiger partial charge in [0.1, 0.15) is 0 Å². The first kappa shape index (κ1) is 13.4. The largest absolute Gasteiger partial charge is 0.313 e. The summed E-state index contributed by atoms with van der Waals surface area (Å²) < 4.78 is 1.97. The van der Waals surface area contributed by atoms with E-state index < -0.39 is 0 Å². The van der Waals surface area contributed by atoms with Gasteiger partial charge in [-0.15, -0.1) is 0 Å². The van der Waals surface area contributed by atoms with Crippen molar-refractivity contribution >= 4 is 0 Å². The number of benzene rings is 1. The van der Waals surface area contributed by atoms with Gasteiger partial charge in [-0.05, 0) is 37.9 Å². The third-order valence-corrected chi connectivity index (χ3v) is 4.41. The molecule has 3 nitrogen and oxygen atoms in total. The Morgan fingerprint density at radius 2 is 1.90 bits per heavy atom. The first-order valence-electron chi connectivity index (χ1n) is 7.66. The van der Waals surface area contributed by atoms with Gasteiger partial charge < -0.3 is 5.32 Å². The fourth-order valence-electron chi connectivity index (χ4n) is 3.36. The molecule has 20 heavy (non-hydrogen) atoms. The number of rotatable bonds is 4. The van der Waals surface area contributed by atoms with Crippen LogP contribution in [0.25, 0.3) is 5.69 Å². The molecule has 1 heterocycles. The summed E-state index contributed by atoms with van der Waals surface area (Å²) in [5.41, 5.74) is 2.43. The Morgan fingerprint density at radius 3 is 2.60 bits per heavy atom. The highest BCUT2D eigenvalue weighted by Gasteiger charge is 2.24. The second kappa shape index (κ2) is 6.23. The number of nitrogens with zero attached hydrogens (tertiary/aromatic N) is 2. The summed E-state index contributed by atoms with van der Waals surface area (Å²) >= 11 is 0. The first-order chi connectivity index (χ1) is 9.88. The van der Waals surface area contributed by atoms with Gasteiger partial charge in [-0.2, -0.15) is 5.10 Å². The molecule has 1 aliphatic carbocycles. The molecule has 0 saturated heterocycles. The van der Waals surface area contributed by atoms with Gasteiger partial charge in [0.25, 0.3) is 0 Å². The maximum atomic E-state index is 4.53. The van der Waals surface area contributed by atoms with E-state index in [1.807, 2.05) is 29.1 Å². The molecule has 3 rings (SSSR count). The summed E-state index contributed by atoms with van der Waals surface area (Å²) in [7, 11) is 2.07. The highest BCUT2D eigenvalue weighted by molar-refractivity contribution is 5.31. The van der Waals surface area contributed by atoms with Crippen molar-refractivity contribution in [2.24, 2.45) is 5.92 Å². The molecular weight excluding hydrogens is 246 g/mol. The summed E-state index contributed by atoms with van der Waals surface area (Å²) in [6, 6.07) is 10.7. The van der Waals surface area contributed by atoms with E-state index in [2.05, 4.69) is 35.8 Å². The normalized spacial score (nSPS) is 18.1. The molecule has 0 amide bonds. The fourth-order valence-corrected chi connectivity index (χ4v) is 3.36. The first-order valence-corrected chi connectivity index (χ1v) is 7.66. The van der Waals surface area contributed by atoms with Crippen LogP contribution in [-0.4, -0.2) is 16.8 Å². The number of para-hydroxylation sites is 1. The van der Waals surface area contributed by atoms with Crippen molar-refractivity contribution in [3.05, 3.63) is 48.3 Å². The molecule has 1 aromatic heterocycles. The summed E-state index contributed by atoms with van der Waals surface area (Å²) in [5, 5.41) is 8.03. The minimum atomic E-state index is 0.438. The van der Waals surface area contributed by atoms with Crippen molar-refractivity contribution in [1.82, 2.24) is 15.1 Å². The Labute approximate surface area is 121 Å². The molecule has 1 atom stereocenters. The van der Waals surface area contributed by atoms with Gasteiger partial charge in [0.15, 0.2) is 0 Å². The second-order valence-electron chi connectivity index (χ2n) is 5.72. The van der Waals surface area contributed by atoms with Crippen molar-refractivity contribution in [1.29, 1.82) is 0 Å². The molecule has 106 valence electrons. The van der Waals surface area contributed by atoms with Crippen LogP contribution < -0.4 is 5.32 Å². The van der Waals surface area contributed by atoms with Crippen molar-refractivity contribution < 1.29 is 0 Å². The van der Waals surface area contributed by atoms with Gasteiger partial charge in [-0.3, -0.25) is 0 Å². The predicted octanol–water partition coefficient (Wildman–Crippen LogP) is 3.71. The monoisotopic (exact) mass is 269 g/mol. The molecule has 1 aromatic carbocycles. The van der Waals surface area contributed by atoms with Crippen LogP contribution in [0, 0.1) is 5.92 Å². The SMILES string of the molecule is CNC(c1cnn(-c2ccccc2)c1)C1CCCCC1. The Bertz CT molecular complexity index is 526. The molecule has 1 saturated carbocycles. The Hall–Kier alpha value is -1.61. The lowest BCUT2D eigenvalue weighted by atomic mass is 9.82. The van der Waals surface area contributed by atoms with Crippen LogP contribution in [0.15, 0.2) is 42.7 Å². The Kier molecular flexibility index (Phi) is 4.16. The number of hydrogen-bond donors (Lipinski definition) is 1. The lowest BCUT2D eigenvalue weighted by Crippen LogP contribution is -2.26. The summed E-state index contributed by atoms with van der Waals surface area (Å²) in [6.07, 6.45) is 11.0. The fraction of sp³-hybridized carbons (Fsp3) is 0.471. The molecule has 2 aromatic rings. The van der Waals surface area contributed by atoms with Crippen molar-refractivity contribution in [3.63, 3.8) is 0 Å². The van der Waals surface area contributed by atoms with Crippen LogP contribution in [0.1, 0.15) is 43.7 Å². The maximum Gasteiger partial charge on any atom is 0.0645 e. The third-order valence-electron chi connectivity index (χ3n) is 4.41. The Morgan fingerprint density at radius 1 is 1.15 bits per heavy atom. The summed E-state index contributed by atoms with van der Waals surface area (Å²) in [4.78, 5) is 0. The summed E-state index contributed by atoms with van der Waals surface area (Å²) in [6.45, 7) is 0. The third kappa shape index (κ3) is 2.78. The van der Waals surface area contributed by atoms with Gasteiger partial charge in [0.2, 0.25) is 0 Å². The van der Waals surface area contributed by atoms with Crippen LogP contribution in [0.4, 0.5) is 0 Å². The minimum absolute atomic E-state index is 0.438. The zero-order valence-electron chi connectivity index (χ0n) is 12.1. The van der Waals surface area contributed by atoms with Crippen LogP contribution in [0.5, 0.6) is 0 Å². The standard InChI is InChI=1S/C17H23N3/c1-18-17(14-8-4-2-5-9-14)15-12-19-20(13-15)16-10-6-3-7-11-16/h3,6-7,10-14,17-18H,2,4-5,8-9H2,1H3. The molecule has 1 N–H and O–H groups in total. The zero-order chi connectivity index (χ0) is 13.8. The second-order valence-corrected chi connectivity index (χ2v) is 5.72. The number of hydrogen-bond acceptors (Lipinski definition) is 2. The van der Waals surface area contributed by atoms with Crippen molar-refractivity contribution in [2.75, 3.05) is 7.05 Å². The topological polar surface area (TPSA) is 29.9 Å². The quantitative estimate of drug-likeness (QED) is 0.917. The van der Waals surface area contributed by atoms with Crippen molar-refractivity contribution in [2.45, 2.75) is 38.1 Å². The van der Waals surface area contributed by atoms with Gasteiger partial charge in [-0.1, -0.05) is 37.5 Å². The zero-order valence-corrected chi connectivity index (χ0v) is 12.1. The minimum Gasteiger partial charge on any atom is -0.313 e. The molecule has 0 aliphatic heterocycles. The number of nitrogens with one attached hydrogen (secondary N) is 1. The van der Waals surface area contributed by atoms with Crippen LogP contribution in [-0.2, 0) is 0 Å². The van der Waals surface area contributed by atoms with Crippen molar-refractivity contribution in [3.8, 4) is 5.69 Å². The van der Waals surface area contributed by atoms with Gasteiger partial charge in [-0.25, -0.2) is 4.68 Å². The van der Waals surface area contributed by atoms with E-state index in [9.17, 15) is 0 Å². The molecule has 0 radical (unpaired) electrons. The highest BCUT2D eigenvalue weighted by atomic mass is 15.3. The molecule has 3 heteroatoms. The number of aromatic nitrogens is 2. The summed E-state index contributed by atoms with van der Waals surface area (Å²) in [5.74, 6) is 0.752. The van der Waals surface area contributed by atoms with E-state index in [4.69, 9.17) is 0 Å². The van der Waals surface area contributed by atoms with Gasteiger partial charge in [0.05, 0.1) is 11.9 Å². The molecule has 0 bridgehead atoms. The maximum absolute atomic E-state index is 4.53. The Balaban J connectivity index is 1.80. The van der Waals surface area contributed by atoms with Crippen LogP contribution >= 0.6 is 0 Å². The molecule has 0 spiro atoms. The lowest BCUT2D eigenvalue weighted by molar-refractivity contribution is 0.281. The smallest absolute Gasteiger partial charge is 0.0645 e. The van der Waals surface area contributed by atoms with E-state index in [0.717, 1.165) is 11.6 Å². The van der Waals surface area contributed by atoms with Crippen LogP contribution in [0.3, 0.4) is 0 Å². The van der Waals surface area contributed by atoms with E-state index in [0.29, 0.717) is 6.04 Å². The van der Waals surface area contributed by atoms with Gasteiger partial charge in [0, 0.05) is 17.8 Å². The molecule has 1 unspecified atom stereocenters. The van der Waals surface area contributed by atoms with Crippen LogP contribution in [0.2, 0.25) is 0 Å². The molecule has 1 fully saturated rings. The van der Waals surface area contributed by atoms with E-state index in [-0.39, 0.29) is 0 Å². The highest BCUT2D eigenvalue weighted by Crippen LogP contribution is 2.34. The van der Waals surface area contributed by atoms with E-state index in [1.165, 1.54) is 37.7 Å². The average molecular weight is 269 g/mol. The molecule has 1 aliphatic rings. The van der Waals surface area contributed by atoms with E-state index >= 15 is 0 Å².